The van der Waals surface area contributed by atoms with Gasteiger partial charge in [-0.15, -0.1) is 0 Å². The number of H-pyrrole nitrogens is 1. The van der Waals surface area contributed by atoms with Gasteiger partial charge in [0.2, 0.25) is 0 Å². The van der Waals surface area contributed by atoms with E-state index < -0.39 is 0 Å². The van der Waals surface area contributed by atoms with E-state index in [1.807, 2.05) is 23.7 Å². The minimum absolute atomic E-state index is 0.576. The van der Waals surface area contributed by atoms with Crippen LogP contribution in [-0.4, -0.2) is 19.5 Å². The van der Waals surface area contributed by atoms with E-state index in [4.69, 9.17) is 5.26 Å². The number of aryl methyl sites for hydroxylation is 1. The molecule has 3 aromatic rings. The number of hydrogen-bond donors (Lipinski definition) is 1. The molecular formula is C12H9N5. The highest BCUT2D eigenvalue weighted by Gasteiger charge is 2.10. The Morgan fingerprint density at radius 3 is 3.00 bits per heavy atom. The fourth-order valence-electron chi connectivity index (χ4n) is 1.83. The smallest absolute Gasteiger partial charge is 0.156 e. The monoisotopic (exact) mass is 223 g/mol. The largest absolute Gasteiger partial charge is 0.337 e. The number of imidazole rings is 2. The molecule has 17 heavy (non-hydrogen) atoms. The highest BCUT2D eigenvalue weighted by molar-refractivity contribution is 5.84. The van der Waals surface area contributed by atoms with E-state index in [0.717, 1.165) is 17.0 Å². The third kappa shape index (κ3) is 1.39. The maximum Gasteiger partial charge on any atom is 0.156 e. The van der Waals surface area contributed by atoms with Gasteiger partial charge >= 0.3 is 0 Å². The molecule has 82 valence electrons. The second kappa shape index (κ2) is 3.46. The maximum absolute atomic E-state index is 9.01. The molecule has 0 unspecified atom stereocenters. The summed E-state index contributed by atoms with van der Waals surface area (Å²) in [6.45, 7) is 0. The average Bonchev–Trinajstić information content (AvgIpc) is 2.93. The summed E-state index contributed by atoms with van der Waals surface area (Å²) in [4.78, 5) is 11.7. The second-order valence-corrected chi connectivity index (χ2v) is 3.79. The molecule has 0 spiro atoms. The molecule has 0 aliphatic carbocycles. The van der Waals surface area contributed by atoms with Gasteiger partial charge in [0, 0.05) is 7.05 Å². The van der Waals surface area contributed by atoms with Crippen molar-refractivity contribution in [2.45, 2.75) is 0 Å². The molecular weight excluding hydrogens is 214 g/mol. The summed E-state index contributed by atoms with van der Waals surface area (Å²) in [5, 5.41) is 9.01. The Balaban J connectivity index is 2.28. The molecule has 0 fully saturated rings. The predicted octanol–water partition coefficient (Wildman–Crippen LogP) is 1.84. The molecule has 5 nitrogen and oxygen atoms in total. The number of nitrogens with one attached hydrogen (secondary N) is 1. The number of benzene rings is 1. The number of rotatable bonds is 1. The number of hydrogen-bond acceptors (Lipinski definition) is 3. The average molecular weight is 223 g/mol. The Hall–Kier alpha value is -2.61. The standard InChI is InChI=1S/C12H9N5/c1-17-7-14-6-10(17)12-15-9-4-2-3-8(5-13)11(9)16-12/h2-4,6-7H,1H3,(H,15,16). The van der Waals surface area contributed by atoms with Crippen LogP contribution in [0.3, 0.4) is 0 Å². The summed E-state index contributed by atoms with van der Waals surface area (Å²) in [7, 11) is 1.90. The van der Waals surface area contributed by atoms with Crippen LogP contribution in [0.2, 0.25) is 0 Å². The van der Waals surface area contributed by atoms with Gasteiger partial charge in [-0.3, -0.25) is 0 Å². The molecule has 0 radical (unpaired) electrons. The van der Waals surface area contributed by atoms with E-state index in [2.05, 4.69) is 21.0 Å². The topological polar surface area (TPSA) is 70.3 Å². The van der Waals surface area contributed by atoms with Crippen LogP contribution in [0.4, 0.5) is 0 Å². The maximum atomic E-state index is 9.01. The lowest BCUT2D eigenvalue weighted by molar-refractivity contribution is 0.913. The Kier molecular flexibility index (Phi) is 1.95. The van der Waals surface area contributed by atoms with E-state index in [-0.39, 0.29) is 0 Å². The van der Waals surface area contributed by atoms with Crippen LogP contribution in [0, 0.1) is 11.3 Å². The highest BCUT2D eigenvalue weighted by atomic mass is 15.1. The van der Waals surface area contributed by atoms with Crippen LogP contribution in [0.15, 0.2) is 30.7 Å². The minimum atomic E-state index is 0.576. The van der Waals surface area contributed by atoms with E-state index >= 15 is 0 Å². The van der Waals surface area contributed by atoms with Crippen molar-refractivity contribution in [3.05, 3.63) is 36.3 Å². The van der Waals surface area contributed by atoms with Crippen molar-refractivity contribution in [2.75, 3.05) is 0 Å². The fraction of sp³-hybridized carbons (Fsp3) is 0.0833. The molecule has 1 N–H and O–H groups in total. The lowest BCUT2D eigenvalue weighted by Gasteiger charge is -1.95. The van der Waals surface area contributed by atoms with Gasteiger partial charge in [-0.05, 0) is 12.1 Å². The van der Waals surface area contributed by atoms with Crippen LogP contribution in [-0.2, 0) is 7.05 Å². The third-order valence-corrected chi connectivity index (χ3v) is 2.69. The zero-order chi connectivity index (χ0) is 11.8. The number of aromatic amines is 1. The summed E-state index contributed by atoms with van der Waals surface area (Å²) in [6.07, 6.45) is 3.46. The normalized spacial score (nSPS) is 10.6. The fourth-order valence-corrected chi connectivity index (χ4v) is 1.83. The SMILES string of the molecule is Cn1cncc1-c1nc2c(C#N)cccc2[nH]1. The van der Waals surface area contributed by atoms with Crippen molar-refractivity contribution < 1.29 is 0 Å². The number of fused-ring (bicyclic) bond motifs is 1. The quantitative estimate of drug-likeness (QED) is 0.684. The van der Waals surface area contributed by atoms with Gasteiger partial charge in [-0.25, -0.2) is 9.97 Å². The first-order chi connectivity index (χ1) is 8.29. The van der Waals surface area contributed by atoms with E-state index in [1.165, 1.54) is 0 Å². The van der Waals surface area contributed by atoms with Crippen LogP contribution < -0.4 is 0 Å². The van der Waals surface area contributed by atoms with E-state index in [0.29, 0.717) is 11.1 Å². The van der Waals surface area contributed by atoms with E-state index in [9.17, 15) is 0 Å². The summed E-state index contributed by atoms with van der Waals surface area (Å²) in [6, 6.07) is 7.64. The molecule has 1 aromatic carbocycles. The van der Waals surface area contributed by atoms with Gasteiger partial charge in [0.1, 0.15) is 17.3 Å². The van der Waals surface area contributed by atoms with Crippen molar-refractivity contribution in [3.63, 3.8) is 0 Å². The first-order valence-corrected chi connectivity index (χ1v) is 5.15. The van der Waals surface area contributed by atoms with Gasteiger partial charge in [0.25, 0.3) is 0 Å². The Labute approximate surface area is 97.4 Å². The Bertz CT molecular complexity index is 729. The highest BCUT2D eigenvalue weighted by Crippen LogP contribution is 2.21. The van der Waals surface area contributed by atoms with Crippen molar-refractivity contribution in [1.29, 1.82) is 5.26 Å². The second-order valence-electron chi connectivity index (χ2n) is 3.79. The van der Waals surface area contributed by atoms with Gasteiger partial charge in [0.05, 0.1) is 23.6 Å². The first-order valence-electron chi connectivity index (χ1n) is 5.15. The molecule has 0 bridgehead atoms. The molecule has 3 rings (SSSR count). The summed E-state index contributed by atoms with van der Waals surface area (Å²) >= 11 is 0. The van der Waals surface area contributed by atoms with Crippen molar-refractivity contribution in [1.82, 2.24) is 19.5 Å². The summed E-state index contributed by atoms with van der Waals surface area (Å²) in [5.74, 6) is 0.725. The summed E-state index contributed by atoms with van der Waals surface area (Å²) in [5.41, 5.74) is 3.03. The molecule has 0 saturated heterocycles. The van der Waals surface area contributed by atoms with Gasteiger partial charge in [-0.2, -0.15) is 5.26 Å². The van der Waals surface area contributed by atoms with Gasteiger partial charge < -0.3 is 9.55 Å². The molecule has 0 saturated carbocycles. The first kappa shape index (κ1) is 9.60. The van der Waals surface area contributed by atoms with Crippen LogP contribution >= 0.6 is 0 Å². The molecule has 0 aliphatic rings. The Morgan fingerprint density at radius 1 is 1.41 bits per heavy atom. The number of aromatic nitrogens is 4. The molecule has 5 heteroatoms. The van der Waals surface area contributed by atoms with Crippen LogP contribution in [0.1, 0.15) is 5.56 Å². The van der Waals surface area contributed by atoms with Gasteiger partial charge in [0.15, 0.2) is 5.82 Å². The van der Waals surface area contributed by atoms with Gasteiger partial charge in [-0.1, -0.05) is 6.07 Å². The zero-order valence-electron chi connectivity index (χ0n) is 9.18. The molecule has 0 atom stereocenters. The number of nitriles is 1. The van der Waals surface area contributed by atoms with Crippen molar-refractivity contribution in [2.24, 2.45) is 7.05 Å². The lowest BCUT2D eigenvalue weighted by Crippen LogP contribution is -1.90. The summed E-state index contributed by atoms with van der Waals surface area (Å²) < 4.78 is 1.88. The molecule has 0 amide bonds. The zero-order valence-corrected chi connectivity index (χ0v) is 9.18. The Morgan fingerprint density at radius 2 is 2.29 bits per heavy atom. The molecule has 2 aromatic heterocycles. The van der Waals surface area contributed by atoms with Crippen LogP contribution in [0.25, 0.3) is 22.6 Å². The minimum Gasteiger partial charge on any atom is -0.337 e. The third-order valence-electron chi connectivity index (χ3n) is 2.69. The van der Waals surface area contributed by atoms with E-state index in [1.54, 1.807) is 18.6 Å². The molecule has 2 heterocycles. The van der Waals surface area contributed by atoms with Crippen LogP contribution in [0.5, 0.6) is 0 Å². The molecule has 0 aliphatic heterocycles. The van der Waals surface area contributed by atoms with Crippen molar-refractivity contribution >= 4 is 11.0 Å². The van der Waals surface area contributed by atoms with Crippen molar-refractivity contribution in [3.8, 4) is 17.6 Å². The number of nitrogens with zero attached hydrogens (tertiary/aromatic N) is 4. The predicted molar refractivity (Wildman–Crippen MR) is 63.0 cm³/mol. The lowest BCUT2D eigenvalue weighted by atomic mass is 10.2. The number of para-hydroxylation sites is 1.